The number of hydrogen-bond donors (Lipinski definition) is 1. The zero-order valence-electron chi connectivity index (χ0n) is 13.1. The van der Waals surface area contributed by atoms with Crippen LogP contribution in [0.2, 0.25) is 0 Å². The number of nitrogens with zero attached hydrogens (tertiary/aromatic N) is 2. The van der Waals surface area contributed by atoms with E-state index in [0.717, 1.165) is 17.8 Å². The SMILES string of the molecule is O=C(Nc1nnc(C2CC2)s1)c1ccc(Oc2ccc(F)cc2)cc1. The predicted octanol–water partition coefficient (Wildman–Crippen LogP) is 4.60. The van der Waals surface area contributed by atoms with Crippen molar-refractivity contribution in [2.75, 3.05) is 5.32 Å². The maximum atomic E-state index is 12.9. The first-order valence-electron chi connectivity index (χ1n) is 7.85. The molecule has 4 rings (SSSR count). The molecular formula is C18H14FN3O2S. The molecule has 1 N–H and O–H groups in total. The maximum Gasteiger partial charge on any atom is 0.257 e. The van der Waals surface area contributed by atoms with Gasteiger partial charge in [0.1, 0.15) is 22.3 Å². The van der Waals surface area contributed by atoms with Gasteiger partial charge in [0.15, 0.2) is 0 Å². The second-order valence-corrected chi connectivity index (χ2v) is 6.76. The van der Waals surface area contributed by atoms with E-state index in [9.17, 15) is 9.18 Å². The lowest BCUT2D eigenvalue weighted by Gasteiger charge is -2.06. The van der Waals surface area contributed by atoms with Crippen molar-refractivity contribution < 1.29 is 13.9 Å². The molecule has 7 heteroatoms. The molecule has 0 aliphatic heterocycles. The standard InChI is InChI=1S/C18H14FN3O2S/c19-13-5-9-15(10-6-13)24-14-7-3-11(4-8-14)16(23)20-18-22-21-17(25-18)12-1-2-12/h3-10,12H,1-2H2,(H,20,22,23). The van der Waals surface area contributed by atoms with Crippen molar-refractivity contribution in [1.82, 2.24) is 10.2 Å². The number of nitrogens with one attached hydrogen (secondary N) is 1. The summed E-state index contributed by atoms with van der Waals surface area (Å²) >= 11 is 1.42. The molecule has 2 aromatic carbocycles. The van der Waals surface area contributed by atoms with E-state index in [1.807, 2.05) is 0 Å². The minimum atomic E-state index is -0.319. The summed E-state index contributed by atoms with van der Waals surface area (Å²) in [4.78, 5) is 12.3. The van der Waals surface area contributed by atoms with Crippen molar-refractivity contribution in [1.29, 1.82) is 0 Å². The largest absolute Gasteiger partial charge is 0.457 e. The Bertz CT molecular complexity index is 889. The lowest BCUT2D eigenvalue weighted by Crippen LogP contribution is -2.11. The van der Waals surface area contributed by atoms with Crippen LogP contribution >= 0.6 is 11.3 Å². The monoisotopic (exact) mass is 355 g/mol. The Morgan fingerprint density at radius 1 is 1.04 bits per heavy atom. The van der Waals surface area contributed by atoms with Crippen LogP contribution in [0, 0.1) is 5.82 Å². The van der Waals surface area contributed by atoms with Gasteiger partial charge in [-0.15, -0.1) is 10.2 Å². The number of benzene rings is 2. The van der Waals surface area contributed by atoms with E-state index in [-0.39, 0.29) is 11.7 Å². The molecule has 1 aliphatic carbocycles. The van der Waals surface area contributed by atoms with Crippen LogP contribution in [-0.2, 0) is 0 Å². The van der Waals surface area contributed by atoms with Crippen LogP contribution in [0.25, 0.3) is 0 Å². The number of aromatic nitrogens is 2. The van der Waals surface area contributed by atoms with E-state index in [2.05, 4.69) is 15.5 Å². The first-order valence-corrected chi connectivity index (χ1v) is 8.67. The smallest absolute Gasteiger partial charge is 0.257 e. The summed E-state index contributed by atoms with van der Waals surface area (Å²) in [6.07, 6.45) is 2.30. The number of hydrogen-bond acceptors (Lipinski definition) is 5. The molecule has 0 bridgehead atoms. The molecule has 1 saturated carbocycles. The number of anilines is 1. The molecule has 25 heavy (non-hydrogen) atoms. The molecule has 0 atom stereocenters. The van der Waals surface area contributed by atoms with Crippen LogP contribution in [0.4, 0.5) is 9.52 Å². The average molecular weight is 355 g/mol. The Balaban J connectivity index is 1.40. The summed E-state index contributed by atoms with van der Waals surface area (Å²) in [5.41, 5.74) is 0.495. The van der Waals surface area contributed by atoms with Crippen molar-refractivity contribution in [3.8, 4) is 11.5 Å². The first kappa shape index (κ1) is 15.7. The van der Waals surface area contributed by atoms with E-state index in [0.29, 0.717) is 28.1 Å². The van der Waals surface area contributed by atoms with Gasteiger partial charge in [0.25, 0.3) is 5.91 Å². The lowest BCUT2D eigenvalue weighted by atomic mass is 10.2. The van der Waals surface area contributed by atoms with Gasteiger partial charge >= 0.3 is 0 Å². The third-order valence-corrected chi connectivity index (χ3v) is 4.75. The summed E-state index contributed by atoms with van der Waals surface area (Å²) in [6, 6.07) is 12.5. The van der Waals surface area contributed by atoms with Crippen molar-refractivity contribution >= 4 is 22.4 Å². The molecule has 0 unspecified atom stereocenters. The zero-order chi connectivity index (χ0) is 17.2. The summed E-state index contributed by atoms with van der Waals surface area (Å²) in [5, 5.41) is 12.4. The fourth-order valence-electron chi connectivity index (χ4n) is 2.26. The van der Waals surface area contributed by atoms with Crippen LogP contribution in [0.3, 0.4) is 0 Å². The Morgan fingerprint density at radius 2 is 1.68 bits per heavy atom. The number of amides is 1. The zero-order valence-corrected chi connectivity index (χ0v) is 13.9. The lowest BCUT2D eigenvalue weighted by molar-refractivity contribution is 0.102. The highest BCUT2D eigenvalue weighted by atomic mass is 32.1. The molecule has 0 saturated heterocycles. The van der Waals surface area contributed by atoms with Crippen LogP contribution in [0.15, 0.2) is 48.5 Å². The second kappa shape index (κ2) is 6.60. The normalized spacial score (nSPS) is 13.5. The molecule has 1 aliphatic rings. The van der Waals surface area contributed by atoms with Crippen molar-refractivity contribution in [3.63, 3.8) is 0 Å². The van der Waals surface area contributed by atoms with Gasteiger partial charge in [0.05, 0.1) is 0 Å². The number of rotatable bonds is 5. The van der Waals surface area contributed by atoms with E-state index < -0.39 is 0 Å². The van der Waals surface area contributed by atoms with E-state index in [4.69, 9.17) is 4.74 Å². The summed E-state index contributed by atoms with van der Waals surface area (Å²) < 4.78 is 18.5. The van der Waals surface area contributed by atoms with E-state index in [1.54, 1.807) is 36.4 Å². The second-order valence-electron chi connectivity index (χ2n) is 5.75. The third-order valence-electron chi connectivity index (χ3n) is 3.75. The van der Waals surface area contributed by atoms with Crippen LogP contribution < -0.4 is 10.1 Å². The van der Waals surface area contributed by atoms with Crippen LogP contribution in [-0.4, -0.2) is 16.1 Å². The third kappa shape index (κ3) is 3.83. The topological polar surface area (TPSA) is 64.1 Å². The number of ether oxygens (including phenoxy) is 1. The van der Waals surface area contributed by atoms with Gasteiger partial charge in [0, 0.05) is 11.5 Å². The average Bonchev–Trinajstić information content (AvgIpc) is 3.37. The Labute approximate surface area is 147 Å². The fourth-order valence-corrected chi connectivity index (χ4v) is 3.17. The molecule has 1 heterocycles. The molecule has 0 radical (unpaired) electrons. The molecule has 1 fully saturated rings. The van der Waals surface area contributed by atoms with Crippen molar-refractivity contribution in [2.24, 2.45) is 0 Å². The molecule has 5 nitrogen and oxygen atoms in total. The van der Waals surface area contributed by atoms with Crippen LogP contribution in [0.5, 0.6) is 11.5 Å². The molecule has 1 amide bonds. The first-order chi connectivity index (χ1) is 12.2. The molecule has 0 spiro atoms. The highest BCUT2D eigenvalue weighted by molar-refractivity contribution is 7.15. The van der Waals surface area contributed by atoms with Gasteiger partial charge < -0.3 is 4.74 Å². The Kier molecular flexibility index (Phi) is 4.15. The summed E-state index contributed by atoms with van der Waals surface area (Å²) in [7, 11) is 0. The molecule has 126 valence electrons. The molecule has 1 aromatic heterocycles. The number of carbonyl (C=O) groups is 1. The Hall–Kier alpha value is -2.80. The highest BCUT2D eigenvalue weighted by Gasteiger charge is 2.27. The van der Waals surface area contributed by atoms with Gasteiger partial charge in [-0.05, 0) is 61.4 Å². The predicted molar refractivity (Wildman–Crippen MR) is 92.8 cm³/mol. The highest BCUT2D eigenvalue weighted by Crippen LogP contribution is 2.42. The van der Waals surface area contributed by atoms with E-state index in [1.165, 1.54) is 23.5 Å². The van der Waals surface area contributed by atoms with Gasteiger partial charge in [0.2, 0.25) is 5.13 Å². The minimum Gasteiger partial charge on any atom is -0.457 e. The Morgan fingerprint density at radius 3 is 2.32 bits per heavy atom. The van der Waals surface area contributed by atoms with Gasteiger partial charge in [-0.1, -0.05) is 11.3 Å². The fraction of sp³-hybridized carbons (Fsp3) is 0.167. The number of carbonyl (C=O) groups excluding carboxylic acids is 1. The molecular weight excluding hydrogens is 341 g/mol. The summed E-state index contributed by atoms with van der Waals surface area (Å²) in [5.74, 6) is 1.05. The molecule has 3 aromatic rings. The minimum absolute atomic E-state index is 0.244. The quantitative estimate of drug-likeness (QED) is 0.726. The van der Waals surface area contributed by atoms with Crippen LogP contribution in [0.1, 0.15) is 34.1 Å². The van der Waals surface area contributed by atoms with Crippen molar-refractivity contribution in [2.45, 2.75) is 18.8 Å². The van der Waals surface area contributed by atoms with Crippen molar-refractivity contribution in [3.05, 3.63) is 64.9 Å². The van der Waals surface area contributed by atoms with Gasteiger partial charge in [-0.2, -0.15) is 0 Å². The van der Waals surface area contributed by atoms with E-state index >= 15 is 0 Å². The van der Waals surface area contributed by atoms with Gasteiger partial charge in [-0.3, -0.25) is 10.1 Å². The summed E-state index contributed by atoms with van der Waals surface area (Å²) in [6.45, 7) is 0. The van der Waals surface area contributed by atoms with Gasteiger partial charge in [-0.25, -0.2) is 4.39 Å². The maximum absolute atomic E-state index is 12.9. The number of halogens is 1.